The molecule has 2 aliphatic heterocycles. The Morgan fingerprint density at radius 2 is 1.63 bits per heavy atom. The van der Waals surface area contributed by atoms with Crippen LogP contribution in [0.2, 0.25) is 10.0 Å². The molecule has 0 radical (unpaired) electrons. The number of nitrogens with zero attached hydrogens (tertiary/aromatic N) is 3. The zero-order valence-corrected chi connectivity index (χ0v) is 24.6. The number of likely N-dealkylation sites (tertiary alicyclic amines) is 2. The number of aromatic nitrogens is 1. The first-order chi connectivity index (χ1) is 20.0. The molecule has 6 rings (SSSR count). The molecule has 41 heavy (non-hydrogen) atoms. The van der Waals surface area contributed by atoms with E-state index in [0.29, 0.717) is 22.0 Å². The van der Waals surface area contributed by atoms with E-state index in [2.05, 4.69) is 9.88 Å². The number of amides is 1. The van der Waals surface area contributed by atoms with Gasteiger partial charge in [0.1, 0.15) is 0 Å². The molecular weight excluding hydrogens is 553 g/mol. The lowest BCUT2D eigenvalue weighted by Gasteiger charge is -2.44. The van der Waals surface area contributed by atoms with Crippen LogP contribution in [0, 0.1) is 11.8 Å². The third kappa shape index (κ3) is 6.00. The van der Waals surface area contributed by atoms with Crippen molar-refractivity contribution in [3.8, 4) is 11.1 Å². The van der Waals surface area contributed by atoms with Crippen LogP contribution in [0.15, 0.2) is 79.0 Å². The van der Waals surface area contributed by atoms with Crippen LogP contribution >= 0.6 is 23.2 Å². The quantitative estimate of drug-likeness (QED) is 0.264. The average molecular weight is 589 g/mol. The standard InChI is InChI=1S/C34H35Cl2N3O2/c35-30-11-10-23(19-31(30)36)18-25-12-15-39(21-26(25)22-40)27-13-16-38(17-14-27)34(41)33-28-8-4-5-9-32(28)37-20-29(33)24-6-2-1-3-7-24/h1-11,19-20,25-27,40H,12-18,21-22H2/t25-,26+/m1/s1. The monoisotopic (exact) mass is 587 g/mol. The normalized spacial score (nSPS) is 20.4. The van der Waals surface area contributed by atoms with E-state index in [9.17, 15) is 9.90 Å². The first-order valence-corrected chi connectivity index (χ1v) is 15.3. The number of halogens is 2. The molecular formula is C34H35Cl2N3O2. The predicted octanol–water partition coefficient (Wildman–Crippen LogP) is 6.99. The molecule has 2 aliphatic rings. The second kappa shape index (κ2) is 12.5. The van der Waals surface area contributed by atoms with E-state index in [0.717, 1.165) is 79.5 Å². The van der Waals surface area contributed by atoms with Gasteiger partial charge in [-0.1, -0.05) is 77.8 Å². The van der Waals surface area contributed by atoms with Gasteiger partial charge < -0.3 is 10.0 Å². The van der Waals surface area contributed by atoms with Crippen LogP contribution in [0.5, 0.6) is 0 Å². The fourth-order valence-corrected chi connectivity index (χ4v) is 7.01. The van der Waals surface area contributed by atoms with Crippen molar-refractivity contribution in [1.82, 2.24) is 14.8 Å². The molecule has 1 amide bonds. The SMILES string of the molecule is O=C(c1c(-c2ccccc2)cnc2ccccc12)N1CCC(N2CC[C@H](Cc3ccc(Cl)c(Cl)c3)[C@H](CO)C2)CC1. The molecule has 3 heterocycles. The average Bonchev–Trinajstić information content (AvgIpc) is 3.02. The van der Waals surface area contributed by atoms with Gasteiger partial charge in [0.15, 0.2) is 0 Å². The number of hydrogen-bond donors (Lipinski definition) is 1. The number of carbonyl (C=O) groups excluding carboxylic acids is 1. The molecule has 7 heteroatoms. The fourth-order valence-electron chi connectivity index (χ4n) is 6.69. The zero-order valence-electron chi connectivity index (χ0n) is 23.1. The zero-order chi connectivity index (χ0) is 28.3. The Hall–Kier alpha value is -2.96. The summed E-state index contributed by atoms with van der Waals surface area (Å²) in [6, 6.07) is 24.2. The van der Waals surface area contributed by atoms with Crippen LogP contribution in [0.1, 0.15) is 35.2 Å². The van der Waals surface area contributed by atoms with Crippen LogP contribution in [-0.4, -0.2) is 64.6 Å². The van der Waals surface area contributed by atoms with Crippen LogP contribution in [0.25, 0.3) is 22.0 Å². The van der Waals surface area contributed by atoms with Crippen LogP contribution in [-0.2, 0) is 6.42 Å². The second-order valence-electron chi connectivity index (χ2n) is 11.4. The van der Waals surface area contributed by atoms with Crippen molar-refractivity contribution in [1.29, 1.82) is 0 Å². The maximum atomic E-state index is 14.1. The van der Waals surface area contributed by atoms with Gasteiger partial charge in [0.25, 0.3) is 5.91 Å². The minimum atomic E-state index is 0.0782. The lowest BCUT2D eigenvalue weighted by molar-refractivity contribution is 0.0242. The highest BCUT2D eigenvalue weighted by Gasteiger charge is 2.35. The summed E-state index contributed by atoms with van der Waals surface area (Å²) < 4.78 is 0. The van der Waals surface area contributed by atoms with Crippen molar-refractivity contribution in [2.75, 3.05) is 32.8 Å². The first-order valence-electron chi connectivity index (χ1n) is 14.5. The Morgan fingerprint density at radius 1 is 0.878 bits per heavy atom. The van der Waals surface area contributed by atoms with E-state index >= 15 is 0 Å². The Morgan fingerprint density at radius 3 is 2.39 bits per heavy atom. The van der Waals surface area contributed by atoms with Gasteiger partial charge in [-0.2, -0.15) is 0 Å². The van der Waals surface area contributed by atoms with Crippen molar-refractivity contribution in [3.63, 3.8) is 0 Å². The molecule has 0 aliphatic carbocycles. The lowest BCUT2D eigenvalue weighted by atomic mass is 9.80. The van der Waals surface area contributed by atoms with Crippen LogP contribution in [0.3, 0.4) is 0 Å². The number of aliphatic hydroxyl groups is 1. The molecule has 212 valence electrons. The maximum Gasteiger partial charge on any atom is 0.255 e. The van der Waals surface area contributed by atoms with E-state index in [4.69, 9.17) is 23.2 Å². The van der Waals surface area contributed by atoms with E-state index in [1.807, 2.05) is 83.9 Å². The number of carbonyl (C=O) groups is 1. The third-order valence-electron chi connectivity index (χ3n) is 8.98. The third-order valence-corrected chi connectivity index (χ3v) is 9.72. The number of aliphatic hydroxyl groups excluding tert-OH is 1. The molecule has 2 atom stereocenters. The molecule has 3 aromatic carbocycles. The molecule has 0 spiro atoms. The van der Waals surface area contributed by atoms with Gasteiger partial charge in [-0.3, -0.25) is 14.7 Å². The topological polar surface area (TPSA) is 56.7 Å². The first kappa shape index (κ1) is 28.2. The Balaban J connectivity index is 1.13. The van der Waals surface area contributed by atoms with Crippen molar-refractivity contribution in [3.05, 3.63) is 100 Å². The Labute approximate surface area is 251 Å². The van der Waals surface area contributed by atoms with Gasteiger partial charge in [-0.05, 0) is 73.4 Å². The second-order valence-corrected chi connectivity index (χ2v) is 12.2. The van der Waals surface area contributed by atoms with E-state index in [1.54, 1.807) is 0 Å². The highest BCUT2D eigenvalue weighted by Crippen LogP contribution is 2.34. The number of piperidine rings is 2. The number of pyridine rings is 1. The fraction of sp³-hybridized carbons (Fsp3) is 0.353. The summed E-state index contributed by atoms with van der Waals surface area (Å²) in [4.78, 5) is 23.3. The van der Waals surface area contributed by atoms with Crippen molar-refractivity contribution < 1.29 is 9.90 Å². The van der Waals surface area contributed by atoms with Gasteiger partial charge >= 0.3 is 0 Å². The highest BCUT2D eigenvalue weighted by molar-refractivity contribution is 6.42. The molecule has 2 saturated heterocycles. The number of fused-ring (bicyclic) bond motifs is 1. The van der Waals surface area contributed by atoms with Crippen LogP contribution in [0.4, 0.5) is 0 Å². The summed E-state index contributed by atoms with van der Waals surface area (Å²) in [7, 11) is 0. The Kier molecular flexibility index (Phi) is 8.59. The molecule has 0 bridgehead atoms. The lowest BCUT2D eigenvalue weighted by Crippen LogP contribution is -2.52. The summed E-state index contributed by atoms with van der Waals surface area (Å²) in [6.07, 6.45) is 5.64. The largest absolute Gasteiger partial charge is 0.396 e. The molecule has 5 nitrogen and oxygen atoms in total. The van der Waals surface area contributed by atoms with Gasteiger partial charge in [0.05, 0.1) is 21.1 Å². The van der Waals surface area contributed by atoms with E-state index in [-0.39, 0.29) is 18.4 Å². The highest BCUT2D eigenvalue weighted by atomic mass is 35.5. The summed E-state index contributed by atoms with van der Waals surface area (Å²) in [5.41, 5.74) is 4.63. The summed E-state index contributed by atoms with van der Waals surface area (Å²) in [5.74, 6) is 0.704. The van der Waals surface area contributed by atoms with E-state index < -0.39 is 0 Å². The minimum Gasteiger partial charge on any atom is -0.396 e. The minimum absolute atomic E-state index is 0.0782. The molecule has 4 aromatic rings. The van der Waals surface area contributed by atoms with Gasteiger partial charge in [-0.15, -0.1) is 0 Å². The number of rotatable bonds is 6. The number of para-hydroxylation sites is 1. The number of hydrogen-bond acceptors (Lipinski definition) is 4. The van der Waals surface area contributed by atoms with E-state index in [1.165, 1.54) is 5.56 Å². The molecule has 0 unspecified atom stereocenters. The van der Waals surface area contributed by atoms with Crippen molar-refractivity contribution in [2.45, 2.75) is 31.7 Å². The molecule has 1 aromatic heterocycles. The molecule has 2 fully saturated rings. The van der Waals surface area contributed by atoms with Crippen LogP contribution < -0.4 is 0 Å². The van der Waals surface area contributed by atoms with Gasteiger partial charge in [0.2, 0.25) is 0 Å². The molecule has 1 N–H and O–H groups in total. The summed E-state index contributed by atoms with van der Waals surface area (Å²) >= 11 is 12.4. The maximum absolute atomic E-state index is 14.1. The smallest absolute Gasteiger partial charge is 0.255 e. The predicted molar refractivity (Wildman–Crippen MR) is 167 cm³/mol. The molecule has 0 saturated carbocycles. The van der Waals surface area contributed by atoms with Gasteiger partial charge in [-0.25, -0.2) is 0 Å². The summed E-state index contributed by atoms with van der Waals surface area (Å²) in [5, 5.41) is 12.3. The van der Waals surface area contributed by atoms with Crippen molar-refractivity contribution >= 4 is 40.0 Å². The Bertz CT molecular complexity index is 1520. The van der Waals surface area contributed by atoms with Gasteiger partial charge in [0, 0.05) is 49.4 Å². The van der Waals surface area contributed by atoms with Crippen molar-refractivity contribution in [2.24, 2.45) is 11.8 Å². The number of benzene rings is 3. The summed E-state index contributed by atoms with van der Waals surface area (Å²) in [6.45, 7) is 3.52.